The molecule has 0 aromatic heterocycles. The zero-order valence-electron chi connectivity index (χ0n) is 12.1. The number of rotatable bonds is 6. The summed E-state index contributed by atoms with van der Waals surface area (Å²) in [4.78, 5) is 13.2. The van der Waals surface area contributed by atoms with Crippen LogP contribution in [-0.2, 0) is 19.4 Å². The van der Waals surface area contributed by atoms with E-state index in [0.717, 1.165) is 6.54 Å². The van der Waals surface area contributed by atoms with Crippen LogP contribution in [0.2, 0.25) is 0 Å². The highest BCUT2D eigenvalue weighted by Gasteiger charge is 2.15. The molecule has 0 aliphatic carbocycles. The highest BCUT2D eigenvalue weighted by atomic mass is 32.3. The third-order valence-corrected chi connectivity index (χ3v) is 2.51. The van der Waals surface area contributed by atoms with Gasteiger partial charge in [-0.3, -0.25) is 9.35 Å². The summed E-state index contributed by atoms with van der Waals surface area (Å²) in [6.45, 7) is 9.71. The van der Waals surface area contributed by atoms with Crippen LogP contribution in [0.4, 0.5) is 0 Å². The molecule has 0 aromatic rings. The van der Waals surface area contributed by atoms with Crippen LogP contribution < -0.4 is 5.32 Å². The number of nitrogens with one attached hydrogen (secondary N) is 1. The molecule has 0 fully saturated rings. The van der Waals surface area contributed by atoms with E-state index in [2.05, 4.69) is 42.0 Å². The molecule has 0 radical (unpaired) electrons. The standard InChI is InChI=1S/C7H13NO5S.C4H11N/c1-4-5(2)7(9)8-6(3)13-14(10,11)12;1-4-5(2)3/h6H,2,4H2,1,3H3,(H,8,9)(H,10,11,12);4H2,1-3H3. The van der Waals surface area contributed by atoms with Crippen molar-refractivity contribution < 1.29 is 21.9 Å². The van der Waals surface area contributed by atoms with Crippen molar-refractivity contribution in [2.75, 3.05) is 20.6 Å². The van der Waals surface area contributed by atoms with Crippen LogP contribution in [0.25, 0.3) is 0 Å². The molecule has 7 nitrogen and oxygen atoms in total. The summed E-state index contributed by atoms with van der Waals surface area (Å²) in [5.41, 5.74) is 0.302. The first-order valence-electron chi connectivity index (χ1n) is 5.82. The summed E-state index contributed by atoms with van der Waals surface area (Å²) < 4.78 is 32.8. The fourth-order valence-electron chi connectivity index (χ4n) is 0.654. The maximum Gasteiger partial charge on any atom is 0.399 e. The van der Waals surface area contributed by atoms with E-state index in [1.165, 1.54) is 6.92 Å². The van der Waals surface area contributed by atoms with Crippen LogP contribution in [-0.4, -0.2) is 50.6 Å². The van der Waals surface area contributed by atoms with Crippen molar-refractivity contribution in [2.45, 2.75) is 33.4 Å². The van der Waals surface area contributed by atoms with Crippen LogP contribution in [0.15, 0.2) is 12.2 Å². The minimum absolute atomic E-state index is 0.302. The van der Waals surface area contributed by atoms with E-state index < -0.39 is 22.5 Å². The van der Waals surface area contributed by atoms with Gasteiger partial charge in [0.15, 0.2) is 0 Å². The Bertz CT molecular complexity index is 379. The van der Waals surface area contributed by atoms with E-state index in [-0.39, 0.29) is 0 Å². The molecule has 0 saturated heterocycles. The van der Waals surface area contributed by atoms with E-state index in [1.54, 1.807) is 6.92 Å². The fraction of sp³-hybridized carbons (Fsp3) is 0.727. The number of carbonyl (C=O) groups is 1. The van der Waals surface area contributed by atoms with Gasteiger partial charge in [0.2, 0.25) is 5.91 Å². The second-order valence-electron chi connectivity index (χ2n) is 3.99. The zero-order chi connectivity index (χ0) is 15.6. The first-order valence-corrected chi connectivity index (χ1v) is 7.19. The Kier molecular flexibility index (Phi) is 10.6. The van der Waals surface area contributed by atoms with Crippen molar-refractivity contribution in [1.29, 1.82) is 0 Å². The topological polar surface area (TPSA) is 95.9 Å². The van der Waals surface area contributed by atoms with Crippen LogP contribution in [0.1, 0.15) is 27.2 Å². The summed E-state index contributed by atoms with van der Waals surface area (Å²) in [6.07, 6.45) is -0.675. The van der Waals surface area contributed by atoms with Gasteiger partial charge in [-0.2, -0.15) is 8.42 Å². The lowest BCUT2D eigenvalue weighted by molar-refractivity contribution is -0.119. The molecule has 0 saturated carbocycles. The summed E-state index contributed by atoms with van der Waals surface area (Å²) in [5, 5.41) is 2.19. The summed E-state index contributed by atoms with van der Waals surface area (Å²) in [6, 6.07) is 0. The zero-order valence-corrected chi connectivity index (χ0v) is 13.0. The van der Waals surface area contributed by atoms with Gasteiger partial charge in [0, 0.05) is 5.57 Å². The van der Waals surface area contributed by atoms with Crippen molar-refractivity contribution in [1.82, 2.24) is 10.2 Å². The minimum atomic E-state index is -4.55. The molecule has 1 amide bonds. The van der Waals surface area contributed by atoms with E-state index in [0.29, 0.717) is 12.0 Å². The Labute approximate surface area is 115 Å². The third kappa shape index (κ3) is 15.0. The second-order valence-corrected chi connectivity index (χ2v) is 5.04. The molecule has 19 heavy (non-hydrogen) atoms. The Hall–Kier alpha value is -0.960. The molecule has 1 unspecified atom stereocenters. The van der Waals surface area contributed by atoms with Gasteiger partial charge in [-0.15, -0.1) is 0 Å². The highest BCUT2D eigenvalue weighted by Crippen LogP contribution is 1.99. The SMILES string of the molecule is C=C(CC)C(=O)NC(C)OS(=O)(=O)O.CCN(C)C. The van der Waals surface area contributed by atoms with Crippen LogP contribution in [0.3, 0.4) is 0 Å². The summed E-state index contributed by atoms with van der Waals surface area (Å²) >= 11 is 0. The Morgan fingerprint density at radius 3 is 2.11 bits per heavy atom. The van der Waals surface area contributed by atoms with E-state index in [9.17, 15) is 13.2 Å². The Balaban J connectivity index is 0. The van der Waals surface area contributed by atoms with Crippen molar-refractivity contribution in [3.8, 4) is 0 Å². The van der Waals surface area contributed by atoms with Gasteiger partial charge in [0.05, 0.1) is 0 Å². The molecular weight excluding hydrogens is 272 g/mol. The highest BCUT2D eigenvalue weighted by molar-refractivity contribution is 7.80. The monoisotopic (exact) mass is 296 g/mol. The van der Waals surface area contributed by atoms with E-state index in [4.69, 9.17) is 4.55 Å². The van der Waals surface area contributed by atoms with Crippen molar-refractivity contribution in [2.24, 2.45) is 0 Å². The van der Waals surface area contributed by atoms with Crippen molar-refractivity contribution in [3.63, 3.8) is 0 Å². The molecule has 8 heteroatoms. The van der Waals surface area contributed by atoms with Gasteiger partial charge >= 0.3 is 10.4 Å². The van der Waals surface area contributed by atoms with Gasteiger partial charge in [-0.25, -0.2) is 4.18 Å². The molecule has 0 aliphatic rings. The van der Waals surface area contributed by atoms with Gasteiger partial charge < -0.3 is 10.2 Å². The Morgan fingerprint density at radius 1 is 1.42 bits per heavy atom. The molecule has 0 bridgehead atoms. The predicted octanol–water partition coefficient (Wildman–Crippen LogP) is 0.802. The average Bonchev–Trinajstić information content (AvgIpc) is 2.25. The minimum Gasteiger partial charge on any atom is -0.326 e. The number of hydrogen-bond donors (Lipinski definition) is 2. The predicted molar refractivity (Wildman–Crippen MR) is 73.9 cm³/mol. The van der Waals surface area contributed by atoms with Gasteiger partial charge in [-0.1, -0.05) is 20.4 Å². The number of hydrogen-bond acceptors (Lipinski definition) is 5. The largest absolute Gasteiger partial charge is 0.399 e. The van der Waals surface area contributed by atoms with Crippen LogP contribution in [0.5, 0.6) is 0 Å². The normalized spacial score (nSPS) is 12.4. The molecule has 1 atom stereocenters. The smallest absolute Gasteiger partial charge is 0.326 e. The average molecular weight is 296 g/mol. The van der Waals surface area contributed by atoms with E-state index >= 15 is 0 Å². The van der Waals surface area contributed by atoms with E-state index in [1.807, 2.05) is 0 Å². The maximum atomic E-state index is 11.1. The summed E-state index contributed by atoms with van der Waals surface area (Å²) in [5.74, 6) is -0.511. The van der Waals surface area contributed by atoms with Crippen LogP contribution >= 0.6 is 0 Å². The second kappa shape index (κ2) is 9.90. The first kappa shape index (κ1) is 20.4. The quantitative estimate of drug-likeness (QED) is 0.427. The van der Waals surface area contributed by atoms with Gasteiger partial charge in [-0.05, 0) is 34.0 Å². The summed E-state index contributed by atoms with van der Waals surface area (Å²) in [7, 11) is -0.435. The lowest BCUT2D eigenvalue weighted by atomic mass is 10.2. The van der Waals surface area contributed by atoms with Crippen molar-refractivity contribution >= 4 is 16.3 Å². The Morgan fingerprint density at radius 2 is 1.84 bits per heavy atom. The van der Waals surface area contributed by atoms with Crippen molar-refractivity contribution in [3.05, 3.63) is 12.2 Å². The molecule has 0 aromatic carbocycles. The van der Waals surface area contributed by atoms with Gasteiger partial charge in [0.25, 0.3) is 0 Å². The van der Waals surface area contributed by atoms with Crippen LogP contribution in [0, 0.1) is 0 Å². The molecule has 0 aliphatic heterocycles. The lowest BCUT2D eigenvalue weighted by Crippen LogP contribution is -2.36. The molecule has 0 spiro atoms. The third-order valence-electron chi connectivity index (χ3n) is 1.98. The molecular formula is C11H24N2O5S. The molecule has 0 heterocycles. The molecule has 0 rings (SSSR count). The first-order chi connectivity index (χ1) is 8.53. The lowest BCUT2D eigenvalue weighted by Gasteiger charge is -2.12. The number of amides is 1. The van der Waals surface area contributed by atoms with Gasteiger partial charge in [0.1, 0.15) is 6.23 Å². The fourth-order valence-corrected chi connectivity index (χ4v) is 1.07. The molecule has 2 N–H and O–H groups in total. The number of nitrogens with zero attached hydrogens (tertiary/aromatic N) is 1. The number of carbonyl (C=O) groups excluding carboxylic acids is 1. The maximum absolute atomic E-state index is 11.1. The molecule has 114 valence electrons.